The van der Waals surface area contributed by atoms with E-state index in [1.165, 1.54) is 0 Å². The molecule has 3 nitrogen and oxygen atoms in total. The number of carbonyl (C=O) groups is 1. The number of anilines is 1. The molecule has 0 unspecified atom stereocenters. The number of amides is 1. The molecule has 0 saturated heterocycles. The number of nitrogens with one attached hydrogen (secondary N) is 1. The maximum atomic E-state index is 12.9. The zero-order valence-corrected chi connectivity index (χ0v) is 17.5. The van der Waals surface area contributed by atoms with Crippen molar-refractivity contribution in [2.45, 2.75) is 38.8 Å². The number of ether oxygens (including phenoxy) is 1. The quantitative estimate of drug-likeness (QED) is 0.403. The van der Waals surface area contributed by atoms with Crippen molar-refractivity contribution in [1.29, 1.82) is 0 Å². The zero-order chi connectivity index (χ0) is 20.7. The van der Waals surface area contributed by atoms with Gasteiger partial charge in [-0.15, -0.1) is 0 Å². The van der Waals surface area contributed by atoms with E-state index in [2.05, 4.69) is 28.2 Å². The highest BCUT2D eigenvalue weighted by atomic mass is 79.9. The molecule has 0 aliphatic carbocycles. The molecular formula is C20H20BrClF3NO2. The van der Waals surface area contributed by atoms with Gasteiger partial charge in [-0.05, 0) is 58.7 Å². The summed E-state index contributed by atoms with van der Waals surface area (Å²) < 4.78 is 44.8. The highest BCUT2D eigenvalue weighted by molar-refractivity contribution is 9.10. The Balaban J connectivity index is 2.06. The summed E-state index contributed by atoms with van der Waals surface area (Å²) in [6.07, 6.45) is -0.197. The highest BCUT2D eigenvalue weighted by Gasteiger charge is 2.31. The SMILES string of the molecule is CCCCCCOc1ccc(C(=O)Nc2cc(C(F)(F)F)ccc2Cl)cc1Br. The summed E-state index contributed by atoms with van der Waals surface area (Å²) in [5.41, 5.74) is -0.729. The van der Waals surface area contributed by atoms with Crippen molar-refractivity contribution in [3.63, 3.8) is 0 Å². The molecule has 0 radical (unpaired) electrons. The van der Waals surface area contributed by atoms with E-state index in [9.17, 15) is 18.0 Å². The van der Waals surface area contributed by atoms with Gasteiger partial charge in [0, 0.05) is 5.56 Å². The molecule has 0 saturated carbocycles. The average Bonchev–Trinajstić information content (AvgIpc) is 2.63. The maximum Gasteiger partial charge on any atom is 0.416 e. The molecule has 8 heteroatoms. The Morgan fingerprint density at radius 2 is 1.89 bits per heavy atom. The summed E-state index contributed by atoms with van der Waals surface area (Å²) in [5, 5.41) is 2.44. The Morgan fingerprint density at radius 3 is 2.54 bits per heavy atom. The fourth-order valence-electron chi connectivity index (χ4n) is 2.46. The summed E-state index contributed by atoms with van der Waals surface area (Å²) in [4.78, 5) is 12.4. The molecule has 0 fully saturated rings. The van der Waals surface area contributed by atoms with Gasteiger partial charge in [0.1, 0.15) is 5.75 Å². The van der Waals surface area contributed by atoms with Crippen molar-refractivity contribution < 1.29 is 22.7 Å². The molecule has 2 rings (SSSR count). The van der Waals surface area contributed by atoms with E-state index in [0.717, 1.165) is 43.9 Å². The molecule has 0 atom stereocenters. The summed E-state index contributed by atoms with van der Waals surface area (Å²) in [6, 6.07) is 7.52. The third kappa shape index (κ3) is 6.41. The van der Waals surface area contributed by atoms with E-state index in [-0.39, 0.29) is 16.3 Å². The Hall–Kier alpha value is -1.73. The van der Waals surface area contributed by atoms with Gasteiger partial charge in [0.25, 0.3) is 5.91 Å². The van der Waals surface area contributed by atoms with Crippen LogP contribution in [0, 0.1) is 0 Å². The Labute approximate surface area is 175 Å². The molecule has 0 aliphatic heterocycles. The van der Waals surface area contributed by atoms with Crippen LogP contribution in [0.25, 0.3) is 0 Å². The van der Waals surface area contributed by atoms with Gasteiger partial charge >= 0.3 is 6.18 Å². The number of halogens is 5. The molecular weight excluding hydrogens is 459 g/mol. The van der Waals surface area contributed by atoms with E-state index in [1.54, 1.807) is 18.2 Å². The van der Waals surface area contributed by atoms with Gasteiger partial charge in [0.15, 0.2) is 0 Å². The molecule has 2 aromatic rings. The molecule has 0 aliphatic rings. The van der Waals surface area contributed by atoms with Crippen LogP contribution in [0.1, 0.15) is 48.5 Å². The Kier molecular flexibility index (Phi) is 8.19. The standard InChI is InChI=1S/C20H20BrClF3NO2/c1-2-3-4-5-10-28-18-9-6-13(11-15(18)21)19(27)26-17-12-14(20(23,24)25)7-8-16(17)22/h6-9,11-12H,2-5,10H2,1H3,(H,26,27). The van der Waals surface area contributed by atoms with Crippen LogP contribution in [-0.4, -0.2) is 12.5 Å². The predicted octanol–water partition coefficient (Wildman–Crippen LogP) is 7.33. The fourth-order valence-corrected chi connectivity index (χ4v) is 3.12. The lowest BCUT2D eigenvalue weighted by Gasteiger charge is -2.13. The van der Waals surface area contributed by atoms with Gasteiger partial charge in [0.2, 0.25) is 0 Å². The van der Waals surface area contributed by atoms with E-state index >= 15 is 0 Å². The van der Waals surface area contributed by atoms with Crippen molar-refractivity contribution in [2.24, 2.45) is 0 Å². The lowest BCUT2D eigenvalue weighted by molar-refractivity contribution is -0.137. The molecule has 2 aromatic carbocycles. The molecule has 0 aromatic heterocycles. The van der Waals surface area contributed by atoms with Crippen LogP contribution >= 0.6 is 27.5 Å². The van der Waals surface area contributed by atoms with E-state index in [1.807, 2.05) is 0 Å². The molecule has 28 heavy (non-hydrogen) atoms. The zero-order valence-electron chi connectivity index (χ0n) is 15.2. The molecule has 0 heterocycles. The number of rotatable bonds is 8. The summed E-state index contributed by atoms with van der Waals surface area (Å²) in [5.74, 6) is 0.0292. The summed E-state index contributed by atoms with van der Waals surface area (Å²) in [6.45, 7) is 2.71. The smallest absolute Gasteiger partial charge is 0.416 e. The topological polar surface area (TPSA) is 38.3 Å². The largest absolute Gasteiger partial charge is 0.492 e. The van der Waals surface area contributed by atoms with E-state index in [4.69, 9.17) is 16.3 Å². The second-order valence-corrected chi connectivity index (χ2v) is 7.46. The first-order valence-electron chi connectivity index (χ1n) is 8.83. The number of alkyl halides is 3. The number of hydrogen-bond acceptors (Lipinski definition) is 2. The van der Waals surface area contributed by atoms with Crippen LogP contribution in [0.4, 0.5) is 18.9 Å². The molecule has 1 amide bonds. The van der Waals surface area contributed by atoms with Gasteiger partial charge in [0.05, 0.1) is 27.4 Å². The average molecular weight is 479 g/mol. The lowest BCUT2D eigenvalue weighted by atomic mass is 10.1. The lowest BCUT2D eigenvalue weighted by Crippen LogP contribution is -2.14. The fraction of sp³-hybridized carbons (Fsp3) is 0.350. The summed E-state index contributed by atoms with van der Waals surface area (Å²) in [7, 11) is 0. The molecule has 152 valence electrons. The van der Waals surface area contributed by atoms with E-state index < -0.39 is 17.6 Å². The van der Waals surface area contributed by atoms with E-state index in [0.29, 0.717) is 16.8 Å². The highest BCUT2D eigenvalue weighted by Crippen LogP contribution is 2.34. The van der Waals surface area contributed by atoms with Crippen LogP contribution in [0.3, 0.4) is 0 Å². The Bertz CT molecular complexity index is 828. The van der Waals surface area contributed by atoms with Crippen LogP contribution in [-0.2, 0) is 6.18 Å². The third-order valence-electron chi connectivity index (χ3n) is 3.99. The summed E-state index contributed by atoms with van der Waals surface area (Å²) >= 11 is 9.27. The number of carbonyl (C=O) groups excluding carboxylic acids is 1. The van der Waals surface area contributed by atoms with Gasteiger partial charge < -0.3 is 10.1 Å². The van der Waals surface area contributed by atoms with Crippen LogP contribution in [0.2, 0.25) is 5.02 Å². The van der Waals surface area contributed by atoms with Crippen LogP contribution in [0.5, 0.6) is 5.75 Å². The first-order chi connectivity index (χ1) is 13.2. The van der Waals surface area contributed by atoms with Crippen molar-refractivity contribution in [1.82, 2.24) is 0 Å². The predicted molar refractivity (Wildman–Crippen MR) is 108 cm³/mol. The molecule has 1 N–H and O–H groups in total. The second-order valence-electron chi connectivity index (χ2n) is 6.20. The van der Waals surface area contributed by atoms with Gasteiger partial charge in [-0.25, -0.2) is 0 Å². The number of unbranched alkanes of at least 4 members (excludes halogenated alkanes) is 3. The number of benzene rings is 2. The van der Waals surface area contributed by atoms with Crippen molar-refractivity contribution in [2.75, 3.05) is 11.9 Å². The minimum atomic E-state index is -4.52. The minimum absolute atomic E-state index is 0.0208. The second kappa shape index (κ2) is 10.2. The molecule has 0 bridgehead atoms. The van der Waals surface area contributed by atoms with Gasteiger partial charge in [-0.2, -0.15) is 13.2 Å². The maximum absolute atomic E-state index is 12.9. The molecule has 0 spiro atoms. The van der Waals surface area contributed by atoms with Crippen molar-refractivity contribution in [3.8, 4) is 5.75 Å². The first kappa shape index (κ1) is 22.6. The normalized spacial score (nSPS) is 11.4. The number of hydrogen-bond donors (Lipinski definition) is 1. The van der Waals surface area contributed by atoms with Gasteiger partial charge in [-0.1, -0.05) is 37.8 Å². The first-order valence-corrected chi connectivity index (χ1v) is 10.00. The monoisotopic (exact) mass is 477 g/mol. The van der Waals surface area contributed by atoms with Crippen molar-refractivity contribution >= 4 is 39.1 Å². The van der Waals surface area contributed by atoms with Crippen LogP contribution in [0.15, 0.2) is 40.9 Å². The van der Waals surface area contributed by atoms with Crippen LogP contribution < -0.4 is 10.1 Å². The Morgan fingerprint density at radius 1 is 1.14 bits per heavy atom. The van der Waals surface area contributed by atoms with Crippen molar-refractivity contribution in [3.05, 3.63) is 57.0 Å². The van der Waals surface area contributed by atoms with Gasteiger partial charge in [-0.3, -0.25) is 4.79 Å². The third-order valence-corrected chi connectivity index (χ3v) is 4.94. The minimum Gasteiger partial charge on any atom is -0.492 e.